The average molecular weight is 206 g/mol. The molecule has 2 aliphatic carbocycles. The molecule has 2 unspecified atom stereocenters. The van der Waals surface area contributed by atoms with Crippen molar-refractivity contribution in [3.05, 3.63) is 21.4 Å². The average Bonchev–Trinajstić information content (AvgIpc) is 2.69. The van der Waals surface area contributed by atoms with E-state index in [0.29, 0.717) is 0 Å². The Balaban J connectivity index is 2.03. The molecule has 0 spiro atoms. The van der Waals surface area contributed by atoms with Crippen LogP contribution < -0.4 is 0 Å². The van der Waals surface area contributed by atoms with Crippen LogP contribution in [0.15, 0.2) is 6.07 Å². The summed E-state index contributed by atoms with van der Waals surface area (Å²) in [5, 5.41) is 0. The van der Waals surface area contributed by atoms with Crippen LogP contribution in [0.2, 0.25) is 0 Å². The van der Waals surface area contributed by atoms with Crippen LogP contribution >= 0.6 is 11.3 Å². The minimum absolute atomic E-state index is 0.728. The van der Waals surface area contributed by atoms with E-state index >= 15 is 0 Å². The Bertz CT molecular complexity index is 321. The Morgan fingerprint density at radius 3 is 2.86 bits per heavy atom. The molecule has 1 saturated carbocycles. The molecule has 0 N–H and O–H groups in total. The van der Waals surface area contributed by atoms with Gasteiger partial charge in [-0.2, -0.15) is 0 Å². The third-order valence-corrected chi connectivity index (χ3v) is 5.48. The molecule has 0 nitrogen and oxygen atoms in total. The minimum atomic E-state index is 0.728. The predicted molar refractivity (Wildman–Crippen MR) is 62.4 cm³/mol. The first-order valence-electron chi connectivity index (χ1n) is 5.89. The maximum atomic E-state index is 2.51. The predicted octanol–water partition coefficient (Wildman–Crippen LogP) is 4.63. The highest BCUT2D eigenvalue weighted by molar-refractivity contribution is 7.12. The zero-order valence-electron chi connectivity index (χ0n) is 9.05. The van der Waals surface area contributed by atoms with Gasteiger partial charge in [0.2, 0.25) is 0 Å². The molecule has 0 aromatic carbocycles. The van der Waals surface area contributed by atoms with Gasteiger partial charge in [0.25, 0.3) is 0 Å². The highest BCUT2D eigenvalue weighted by Crippen LogP contribution is 2.54. The van der Waals surface area contributed by atoms with Crippen molar-refractivity contribution in [3.8, 4) is 0 Å². The molecular formula is C13H18S. The molecular weight excluding hydrogens is 188 g/mol. The molecule has 1 heteroatoms. The van der Waals surface area contributed by atoms with Gasteiger partial charge in [0.15, 0.2) is 0 Å². The summed E-state index contributed by atoms with van der Waals surface area (Å²) in [7, 11) is 0. The van der Waals surface area contributed by atoms with Crippen LogP contribution in [0.3, 0.4) is 0 Å². The van der Waals surface area contributed by atoms with Gasteiger partial charge in [-0.05, 0) is 48.6 Å². The molecule has 1 aromatic rings. The third kappa shape index (κ3) is 1.18. The first kappa shape index (κ1) is 8.96. The summed E-state index contributed by atoms with van der Waals surface area (Å²) in [6.45, 7) is 4.63. The van der Waals surface area contributed by atoms with Crippen molar-refractivity contribution in [2.75, 3.05) is 0 Å². The Hall–Kier alpha value is -0.300. The molecule has 2 aliphatic rings. The van der Waals surface area contributed by atoms with Crippen LogP contribution in [0.25, 0.3) is 0 Å². The molecule has 76 valence electrons. The van der Waals surface area contributed by atoms with Crippen LogP contribution in [-0.2, 0) is 0 Å². The summed E-state index contributed by atoms with van der Waals surface area (Å²) in [4.78, 5) is 3.38. The van der Waals surface area contributed by atoms with Gasteiger partial charge >= 0.3 is 0 Å². The normalized spacial score (nSPS) is 29.6. The zero-order valence-corrected chi connectivity index (χ0v) is 9.86. The maximum absolute atomic E-state index is 2.51. The first-order chi connectivity index (χ1) is 6.75. The monoisotopic (exact) mass is 206 g/mol. The van der Waals surface area contributed by atoms with Gasteiger partial charge in [0, 0.05) is 9.75 Å². The number of hydrogen-bond donors (Lipinski definition) is 0. The second-order valence-electron chi connectivity index (χ2n) is 5.18. The van der Waals surface area contributed by atoms with Crippen molar-refractivity contribution in [1.82, 2.24) is 0 Å². The lowest BCUT2D eigenvalue weighted by Gasteiger charge is -2.19. The molecule has 14 heavy (non-hydrogen) atoms. The van der Waals surface area contributed by atoms with Gasteiger partial charge in [-0.25, -0.2) is 0 Å². The van der Waals surface area contributed by atoms with Crippen molar-refractivity contribution in [1.29, 1.82) is 0 Å². The van der Waals surface area contributed by atoms with Gasteiger partial charge in [0.1, 0.15) is 0 Å². The molecule has 0 radical (unpaired) electrons. The van der Waals surface area contributed by atoms with Crippen molar-refractivity contribution in [2.24, 2.45) is 0 Å². The smallest absolute Gasteiger partial charge is 0.0114 e. The molecule has 1 aromatic heterocycles. The van der Waals surface area contributed by atoms with Crippen LogP contribution in [0.4, 0.5) is 0 Å². The van der Waals surface area contributed by atoms with Crippen LogP contribution in [-0.4, -0.2) is 0 Å². The summed E-state index contributed by atoms with van der Waals surface area (Å²) in [6, 6.07) is 2.51. The van der Waals surface area contributed by atoms with E-state index in [1.165, 1.54) is 25.7 Å². The highest BCUT2D eigenvalue weighted by atomic mass is 32.1. The second-order valence-corrected chi connectivity index (χ2v) is 6.30. The van der Waals surface area contributed by atoms with E-state index in [-0.39, 0.29) is 0 Å². The lowest BCUT2D eigenvalue weighted by molar-refractivity contribution is 0.436. The first-order valence-corrected chi connectivity index (χ1v) is 6.71. The fourth-order valence-electron chi connectivity index (χ4n) is 3.07. The summed E-state index contributed by atoms with van der Waals surface area (Å²) in [5.41, 5.74) is 1.74. The molecule has 2 bridgehead atoms. The summed E-state index contributed by atoms with van der Waals surface area (Å²) < 4.78 is 0. The number of thiophene rings is 1. The van der Waals surface area contributed by atoms with Crippen molar-refractivity contribution in [3.63, 3.8) is 0 Å². The Morgan fingerprint density at radius 1 is 1.29 bits per heavy atom. The number of hydrogen-bond acceptors (Lipinski definition) is 1. The Labute approximate surface area is 90.3 Å². The van der Waals surface area contributed by atoms with E-state index in [9.17, 15) is 0 Å². The molecule has 1 fully saturated rings. The van der Waals surface area contributed by atoms with E-state index < -0.39 is 0 Å². The van der Waals surface area contributed by atoms with Crippen molar-refractivity contribution >= 4 is 11.3 Å². The third-order valence-electron chi connectivity index (χ3n) is 3.86. The highest BCUT2D eigenvalue weighted by Gasteiger charge is 2.36. The van der Waals surface area contributed by atoms with Crippen LogP contribution in [0.5, 0.6) is 0 Å². The quantitative estimate of drug-likeness (QED) is 0.628. The Morgan fingerprint density at radius 2 is 2.07 bits per heavy atom. The number of fused-ring (bicyclic) bond motifs is 5. The molecule has 0 saturated heterocycles. The van der Waals surface area contributed by atoms with Gasteiger partial charge < -0.3 is 0 Å². The molecule has 1 heterocycles. The molecule has 2 atom stereocenters. The topological polar surface area (TPSA) is 0 Å². The molecule has 0 amide bonds. The van der Waals surface area contributed by atoms with Crippen LogP contribution in [0.1, 0.15) is 72.6 Å². The lowest BCUT2D eigenvalue weighted by atomic mass is 9.87. The van der Waals surface area contributed by atoms with E-state index in [1.807, 2.05) is 0 Å². The number of rotatable bonds is 1. The molecule has 3 rings (SSSR count). The summed E-state index contributed by atoms with van der Waals surface area (Å²) >= 11 is 2.11. The van der Waals surface area contributed by atoms with Crippen LogP contribution in [0, 0.1) is 0 Å². The standard InChI is InChI=1S/C13H18S/c1-8(2)12-7-11-9-4-3-5-10(6-9)13(11)14-12/h7-10H,3-6H2,1-2H3. The van der Waals surface area contributed by atoms with Crippen molar-refractivity contribution < 1.29 is 0 Å². The largest absolute Gasteiger partial charge is 0.145 e. The van der Waals surface area contributed by atoms with E-state index in [0.717, 1.165) is 17.8 Å². The van der Waals surface area contributed by atoms with Gasteiger partial charge in [-0.1, -0.05) is 20.3 Å². The van der Waals surface area contributed by atoms with E-state index in [2.05, 4.69) is 31.3 Å². The van der Waals surface area contributed by atoms with Crippen molar-refractivity contribution in [2.45, 2.75) is 57.3 Å². The Kier molecular flexibility index (Phi) is 1.98. The lowest BCUT2D eigenvalue weighted by Crippen LogP contribution is -2.02. The minimum Gasteiger partial charge on any atom is -0.145 e. The van der Waals surface area contributed by atoms with Gasteiger partial charge in [-0.15, -0.1) is 11.3 Å². The summed E-state index contributed by atoms with van der Waals surface area (Å²) in [6.07, 6.45) is 5.85. The van der Waals surface area contributed by atoms with Gasteiger partial charge in [-0.3, -0.25) is 0 Å². The van der Waals surface area contributed by atoms with E-state index in [1.54, 1.807) is 15.3 Å². The second kappa shape index (κ2) is 3.10. The fourth-order valence-corrected chi connectivity index (χ4v) is 4.47. The maximum Gasteiger partial charge on any atom is 0.0114 e. The SMILES string of the molecule is CC(C)c1cc2c(s1)C1CCCC2C1. The molecule has 0 aliphatic heterocycles. The fraction of sp³-hybridized carbons (Fsp3) is 0.692. The van der Waals surface area contributed by atoms with E-state index in [4.69, 9.17) is 0 Å². The summed E-state index contributed by atoms with van der Waals surface area (Å²) in [5.74, 6) is 2.61. The van der Waals surface area contributed by atoms with Gasteiger partial charge in [0.05, 0.1) is 0 Å². The zero-order chi connectivity index (χ0) is 9.71.